The van der Waals surface area contributed by atoms with E-state index in [4.69, 9.17) is 19.3 Å². The van der Waals surface area contributed by atoms with Gasteiger partial charge in [0.1, 0.15) is 6.54 Å². The molecule has 0 spiro atoms. The summed E-state index contributed by atoms with van der Waals surface area (Å²) in [5.74, 6) is 1.19. The fourth-order valence-corrected chi connectivity index (χ4v) is 4.65. The van der Waals surface area contributed by atoms with Gasteiger partial charge in [-0.2, -0.15) is 5.10 Å². The molecule has 2 amide bonds. The molecular weight excluding hydrogens is 436 g/mol. The average Bonchev–Trinajstić information content (AvgIpc) is 3.53. The second kappa shape index (κ2) is 9.50. The number of fused-ring (bicyclic) bond motifs is 1. The van der Waals surface area contributed by atoms with Crippen LogP contribution < -0.4 is 9.47 Å². The lowest BCUT2D eigenvalue weighted by atomic mass is 9.84. The molecule has 0 bridgehead atoms. The summed E-state index contributed by atoms with van der Waals surface area (Å²) in [6.45, 7) is 0.933. The lowest BCUT2D eigenvalue weighted by Crippen LogP contribution is -2.46. The number of methoxy groups -OCH3 is 1. The Kier molecular flexibility index (Phi) is 6.28. The minimum atomic E-state index is -0.296. The maximum atomic E-state index is 13.6. The number of ether oxygens (including phenoxy) is 3. The number of benzene rings is 1. The van der Waals surface area contributed by atoms with E-state index in [9.17, 15) is 9.59 Å². The number of carbonyl (C=O) groups excluding carboxylic acids is 2. The van der Waals surface area contributed by atoms with Crippen LogP contribution in [0.3, 0.4) is 0 Å². The fourth-order valence-electron chi connectivity index (χ4n) is 4.65. The Morgan fingerprint density at radius 2 is 2.03 bits per heavy atom. The lowest BCUT2D eigenvalue weighted by Gasteiger charge is -2.32. The number of aryl methyl sites for hydroxylation is 1. The van der Waals surface area contributed by atoms with E-state index in [1.165, 1.54) is 5.01 Å². The zero-order valence-electron chi connectivity index (χ0n) is 19.6. The summed E-state index contributed by atoms with van der Waals surface area (Å²) in [5, 5.41) is 6.29. The van der Waals surface area contributed by atoms with Crippen LogP contribution >= 0.6 is 0 Å². The summed E-state index contributed by atoms with van der Waals surface area (Å²) in [7, 11) is 3.56. The van der Waals surface area contributed by atoms with Crippen molar-refractivity contribution < 1.29 is 23.8 Å². The molecule has 1 fully saturated rings. The molecule has 1 atom stereocenters. The van der Waals surface area contributed by atoms with Crippen LogP contribution in [0.5, 0.6) is 11.5 Å². The number of carbonyl (C=O) groups is 2. The van der Waals surface area contributed by atoms with Crippen LogP contribution in [0, 0.1) is 5.92 Å². The molecule has 2 aromatic rings. The van der Waals surface area contributed by atoms with E-state index in [-0.39, 0.29) is 37.1 Å². The van der Waals surface area contributed by atoms with Crippen LogP contribution in [-0.4, -0.2) is 65.6 Å². The van der Waals surface area contributed by atoms with Crippen molar-refractivity contribution in [2.45, 2.75) is 31.7 Å². The van der Waals surface area contributed by atoms with E-state index in [1.54, 1.807) is 12.0 Å². The number of hydrogen-bond acceptors (Lipinski definition) is 6. The van der Waals surface area contributed by atoms with Crippen LogP contribution in [0.2, 0.25) is 0 Å². The quantitative estimate of drug-likeness (QED) is 0.597. The fraction of sp³-hybridized carbons (Fsp3) is 0.480. The van der Waals surface area contributed by atoms with Crippen LogP contribution in [0.15, 0.2) is 41.6 Å². The zero-order chi connectivity index (χ0) is 23.7. The predicted molar refractivity (Wildman–Crippen MR) is 125 cm³/mol. The second-order valence-corrected chi connectivity index (χ2v) is 9.00. The number of hydrazone groups is 1. The van der Waals surface area contributed by atoms with Crippen LogP contribution in [0.25, 0.3) is 0 Å². The molecule has 1 aromatic heterocycles. The van der Waals surface area contributed by atoms with Gasteiger partial charge in [0.2, 0.25) is 12.7 Å². The van der Waals surface area contributed by atoms with Crippen LogP contribution in [0.4, 0.5) is 0 Å². The van der Waals surface area contributed by atoms with Crippen LogP contribution in [-0.2, 0) is 21.4 Å². The third-order valence-electron chi connectivity index (χ3n) is 6.84. The summed E-state index contributed by atoms with van der Waals surface area (Å²) < 4.78 is 18.2. The van der Waals surface area contributed by atoms with Gasteiger partial charge >= 0.3 is 0 Å². The number of aromatic nitrogens is 1. The molecule has 180 valence electrons. The Hall–Kier alpha value is -3.33. The molecule has 1 aliphatic carbocycles. The molecule has 2 aliphatic heterocycles. The summed E-state index contributed by atoms with van der Waals surface area (Å²) in [4.78, 5) is 28.2. The van der Waals surface area contributed by atoms with E-state index in [1.807, 2.05) is 48.1 Å². The van der Waals surface area contributed by atoms with Crippen LogP contribution in [0.1, 0.15) is 43.0 Å². The van der Waals surface area contributed by atoms with Gasteiger partial charge in [0, 0.05) is 39.2 Å². The molecular formula is C25H30N4O5. The van der Waals surface area contributed by atoms with Crippen molar-refractivity contribution in [3.05, 3.63) is 47.8 Å². The molecule has 0 N–H and O–H groups in total. The predicted octanol–water partition coefficient (Wildman–Crippen LogP) is 2.71. The largest absolute Gasteiger partial charge is 0.454 e. The topological polar surface area (TPSA) is 85.6 Å². The number of rotatable bonds is 8. The van der Waals surface area contributed by atoms with Crippen molar-refractivity contribution in [1.29, 1.82) is 0 Å². The molecule has 0 unspecified atom stereocenters. The zero-order valence-corrected chi connectivity index (χ0v) is 19.6. The van der Waals surface area contributed by atoms with Gasteiger partial charge in [-0.05, 0) is 42.7 Å². The SMILES string of the molecule is COCCN(CC(=O)N1N=C(c2cccn2C)C[C@H]1c1ccc2c(c1)OCO2)C(=O)C1CCC1. The van der Waals surface area contributed by atoms with E-state index >= 15 is 0 Å². The lowest BCUT2D eigenvalue weighted by molar-refractivity contribution is -0.146. The van der Waals surface area contributed by atoms with E-state index in [2.05, 4.69) is 0 Å². The minimum Gasteiger partial charge on any atom is -0.454 e. The Labute approximate surface area is 198 Å². The summed E-state index contributed by atoms with van der Waals surface area (Å²) in [6.07, 6.45) is 5.36. The number of hydrogen-bond donors (Lipinski definition) is 0. The summed E-state index contributed by atoms with van der Waals surface area (Å²) in [5.41, 5.74) is 2.71. The molecule has 1 aromatic carbocycles. The first-order valence-electron chi connectivity index (χ1n) is 11.7. The van der Waals surface area contributed by atoms with Crippen molar-refractivity contribution >= 4 is 17.5 Å². The first kappa shape index (κ1) is 22.5. The monoisotopic (exact) mass is 466 g/mol. The Morgan fingerprint density at radius 1 is 1.21 bits per heavy atom. The number of amides is 2. The summed E-state index contributed by atoms with van der Waals surface area (Å²) >= 11 is 0. The van der Waals surface area contributed by atoms with Gasteiger partial charge in [-0.1, -0.05) is 12.5 Å². The molecule has 3 aliphatic rings. The van der Waals surface area contributed by atoms with Gasteiger partial charge in [0.25, 0.3) is 5.91 Å². The maximum Gasteiger partial charge on any atom is 0.262 e. The normalized spacial score (nSPS) is 19.2. The molecule has 3 heterocycles. The molecule has 34 heavy (non-hydrogen) atoms. The van der Waals surface area contributed by atoms with E-state index in [0.29, 0.717) is 31.1 Å². The third-order valence-corrected chi connectivity index (χ3v) is 6.84. The maximum absolute atomic E-state index is 13.6. The van der Waals surface area contributed by atoms with Gasteiger partial charge in [0.05, 0.1) is 24.1 Å². The van der Waals surface area contributed by atoms with Crippen molar-refractivity contribution in [2.24, 2.45) is 18.1 Å². The van der Waals surface area contributed by atoms with E-state index < -0.39 is 0 Å². The smallest absolute Gasteiger partial charge is 0.262 e. The van der Waals surface area contributed by atoms with E-state index in [0.717, 1.165) is 36.2 Å². The highest BCUT2D eigenvalue weighted by molar-refractivity contribution is 6.02. The van der Waals surface area contributed by atoms with Gasteiger partial charge in [-0.3, -0.25) is 9.59 Å². The second-order valence-electron chi connectivity index (χ2n) is 9.00. The number of nitrogens with zero attached hydrogens (tertiary/aromatic N) is 4. The Morgan fingerprint density at radius 3 is 2.74 bits per heavy atom. The van der Waals surface area contributed by atoms with Gasteiger partial charge in [-0.15, -0.1) is 0 Å². The average molecular weight is 467 g/mol. The van der Waals surface area contributed by atoms with Crippen molar-refractivity contribution in [1.82, 2.24) is 14.5 Å². The van der Waals surface area contributed by atoms with Gasteiger partial charge < -0.3 is 23.7 Å². The molecule has 0 radical (unpaired) electrons. The molecule has 1 saturated carbocycles. The highest BCUT2D eigenvalue weighted by Gasteiger charge is 2.37. The highest BCUT2D eigenvalue weighted by Crippen LogP contribution is 2.39. The molecule has 0 saturated heterocycles. The van der Waals surface area contributed by atoms with Crippen molar-refractivity contribution in [3.63, 3.8) is 0 Å². The molecule has 9 heteroatoms. The molecule has 5 rings (SSSR count). The Bertz CT molecular complexity index is 1110. The molecule has 9 nitrogen and oxygen atoms in total. The van der Waals surface area contributed by atoms with Crippen molar-refractivity contribution in [3.8, 4) is 11.5 Å². The third kappa shape index (κ3) is 4.27. The first-order valence-corrected chi connectivity index (χ1v) is 11.7. The minimum absolute atomic E-state index is 0.00956. The van der Waals surface area contributed by atoms with Gasteiger partial charge in [0.15, 0.2) is 11.5 Å². The first-order chi connectivity index (χ1) is 16.5. The Balaban J connectivity index is 1.42. The standard InChI is InChI=1S/C25H30N4O5/c1-27-10-4-7-20(27)19-14-21(18-8-9-22-23(13-18)34-16-33-22)29(26-19)24(30)15-28(11-12-32-2)25(31)17-5-3-6-17/h4,7-10,13,17,21H,3,5-6,11-12,14-16H2,1-2H3/t21-/m0/s1. The summed E-state index contributed by atoms with van der Waals surface area (Å²) in [6, 6.07) is 9.39. The van der Waals surface area contributed by atoms with Gasteiger partial charge in [-0.25, -0.2) is 5.01 Å². The van der Waals surface area contributed by atoms with Crippen molar-refractivity contribution in [2.75, 3.05) is 33.6 Å². The highest BCUT2D eigenvalue weighted by atomic mass is 16.7.